The maximum Gasteiger partial charge on any atom is 0.257 e. The molecule has 0 unspecified atom stereocenters. The Morgan fingerprint density at radius 1 is 1.07 bits per heavy atom. The molecule has 2 aromatic rings. The molecule has 7 heteroatoms. The molecule has 0 aliphatic carbocycles. The lowest BCUT2D eigenvalue weighted by atomic mass is 10.2. The first-order valence-corrected chi connectivity index (χ1v) is 11.0. The van der Waals surface area contributed by atoms with E-state index in [1.807, 2.05) is 31.2 Å². The van der Waals surface area contributed by atoms with Gasteiger partial charge in [-0.1, -0.05) is 32.3 Å². The SMILES string of the molecule is CCCCCCOc1cccc(NC(=S)NC(=O)c2ccc(OCC)c(Br)c2)c1. The standard InChI is InChI=1S/C22H27BrN2O3S/c1-3-5-6-7-13-28-18-10-8-9-17(15-18)24-22(29)25-21(26)16-11-12-20(27-4-2)19(23)14-16/h8-12,14-15H,3-7,13H2,1-2H3,(H2,24,25,26,29). The number of thiocarbonyl (C=S) groups is 1. The van der Waals surface area contributed by atoms with Gasteiger partial charge in [0.2, 0.25) is 0 Å². The molecule has 0 aromatic heterocycles. The number of halogens is 1. The van der Waals surface area contributed by atoms with Gasteiger partial charge >= 0.3 is 0 Å². The van der Waals surface area contributed by atoms with Crippen molar-refractivity contribution in [3.8, 4) is 11.5 Å². The van der Waals surface area contributed by atoms with E-state index >= 15 is 0 Å². The minimum absolute atomic E-state index is 0.222. The summed E-state index contributed by atoms with van der Waals surface area (Å²) >= 11 is 8.68. The number of hydrogen-bond acceptors (Lipinski definition) is 4. The van der Waals surface area contributed by atoms with Crippen LogP contribution in [0.3, 0.4) is 0 Å². The Labute approximate surface area is 186 Å². The third kappa shape index (κ3) is 8.03. The largest absolute Gasteiger partial charge is 0.494 e. The number of ether oxygens (including phenoxy) is 2. The van der Waals surface area contributed by atoms with Gasteiger partial charge in [0.1, 0.15) is 11.5 Å². The van der Waals surface area contributed by atoms with Crippen LogP contribution in [0.1, 0.15) is 49.9 Å². The van der Waals surface area contributed by atoms with E-state index in [0.717, 1.165) is 22.3 Å². The second kappa shape index (κ2) is 12.4. The summed E-state index contributed by atoms with van der Waals surface area (Å²) in [4.78, 5) is 12.4. The lowest BCUT2D eigenvalue weighted by Crippen LogP contribution is -2.34. The van der Waals surface area contributed by atoms with Crippen molar-refractivity contribution in [2.24, 2.45) is 0 Å². The van der Waals surface area contributed by atoms with E-state index in [-0.39, 0.29) is 11.0 Å². The summed E-state index contributed by atoms with van der Waals surface area (Å²) in [7, 11) is 0. The molecule has 0 saturated carbocycles. The third-order valence-electron chi connectivity index (χ3n) is 4.08. The maximum atomic E-state index is 12.4. The third-order valence-corrected chi connectivity index (χ3v) is 4.90. The Morgan fingerprint density at radius 2 is 1.90 bits per heavy atom. The topological polar surface area (TPSA) is 59.6 Å². The van der Waals surface area contributed by atoms with Crippen LogP contribution in [0.2, 0.25) is 0 Å². The molecule has 0 saturated heterocycles. The number of carbonyl (C=O) groups is 1. The van der Waals surface area contributed by atoms with Crippen LogP contribution in [-0.4, -0.2) is 24.2 Å². The predicted molar refractivity (Wildman–Crippen MR) is 125 cm³/mol. The highest BCUT2D eigenvalue weighted by Crippen LogP contribution is 2.26. The molecule has 2 N–H and O–H groups in total. The fraction of sp³-hybridized carbons (Fsp3) is 0.364. The van der Waals surface area contributed by atoms with Crippen LogP contribution in [0, 0.1) is 0 Å². The maximum absolute atomic E-state index is 12.4. The summed E-state index contributed by atoms with van der Waals surface area (Å²) in [5, 5.41) is 5.93. The highest BCUT2D eigenvalue weighted by molar-refractivity contribution is 9.10. The first kappa shape index (κ1) is 23.2. The van der Waals surface area contributed by atoms with Crippen LogP contribution in [0.5, 0.6) is 11.5 Å². The molecular weight excluding hydrogens is 452 g/mol. The molecule has 0 radical (unpaired) electrons. The Morgan fingerprint density at radius 3 is 2.62 bits per heavy atom. The van der Waals surface area contributed by atoms with Gasteiger partial charge in [-0.2, -0.15) is 0 Å². The summed E-state index contributed by atoms with van der Waals surface area (Å²) < 4.78 is 12.0. The van der Waals surface area contributed by atoms with Crippen LogP contribution in [0.4, 0.5) is 5.69 Å². The molecule has 0 bridgehead atoms. The van der Waals surface area contributed by atoms with Crippen molar-refractivity contribution in [3.63, 3.8) is 0 Å². The van der Waals surface area contributed by atoms with E-state index in [1.165, 1.54) is 19.3 Å². The Bertz CT molecular complexity index is 829. The number of unbranched alkanes of at least 4 members (excludes halogenated alkanes) is 3. The van der Waals surface area contributed by atoms with Crippen molar-refractivity contribution in [1.82, 2.24) is 5.32 Å². The normalized spacial score (nSPS) is 10.3. The van der Waals surface area contributed by atoms with Gasteiger partial charge < -0.3 is 14.8 Å². The van der Waals surface area contributed by atoms with Crippen LogP contribution in [0.15, 0.2) is 46.9 Å². The first-order chi connectivity index (χ1) is 14.0. The lowest BCUT2D eigenvalue weighted by Gasteiger charge is -2.12. The summed E-state index contributed by atoms with van der Waals surface area (Å²) in [6.45, 7) is 5.34. The number of anilines is 1. The number of amides is 1. The molecule has 2 rings (SSSR count). The van der Waals surface area contributed by atoms with Gasteiger partial charge in [-0.3, -0.25) is 10.1 Å². The highest BCUT2D eigenvalue weighted by Gasteiger charge is 2.11. The van der Waals surface area contributed by atoms with E-state index in [9.17, 15) is 4.79 Å². The zero-order valence-electron chi connectivity index (χ0n) is 16.8. The predicted octanol–water partition coefficient (Wildman–Crippen LogP) is 5.93. The van der Waals surface area contributed by atoms with E-state index in [2.05, 4.69) is 33.5 Å². The van der Waals surface area contributed by atoms with E-state index in [1.54, 1.807) is 18.2 Å². The van der Waals surface area contributed by atoms with E-state index in [0.29, 0.717) is 24.5 Å². The van der Waals surface area contributed by atoms with Crippen molar-refractivity contribution in [3.05, 3.63) is 52.5 Å². The number of carbonyl (C=O) groups excluding carboxylic acids is 1. The summed E-state index contributed by atoms with van der Waals surface area (Å²) in [5.74, 6) is 1.17. The molecule has 29 heavy (non-hydrogen) atoms. The fourth-order valence-electron chi connectivity index (χ4n) is 2.63. The molecule has 0 heterocycles. The molecule has 0 spiro atoms. The molecule has 0 fully saturated rings. The minimum atomic E-state index is -0.297. The van der Waals surface area contributed by atoms with E-state index in [4.69, 9.17) is 21.7 Å². The van der Waals surface area contributed by atoms with Gasteiger partial charge in [0.25, 0.3) is 5.91 Å². The monoisotopic (exact) mass is 478 g/mol. The van der Waals surface area contributed by atoms with Gasteiger partial charge in [0.05, 0.1) is 17.7 Å². The second-order valence-corrected chi connectivity index (χ2v) is 7.69. The summed E-state index contributed by atoms with van der Waals surface area (Å²) in [6, 6.07) is 12.7. The van der Waals surface area contributed by atoms with Crippen LogP contribution in [-0.2, 0) is 0 Å². The fourth-order valence-corrected chi connectivity index (χ4v) is 3.34. The van der Waals surface area contributed by atoms with Crippen LogP contribution < -0.4 is 20.1 Å². The molecule has 2 aromatic carbocycles. The zero-order chi connectivity index (χ0) is 21.1. The molecule has 0 atom stereocenters. The average Bonchev–Trinajstić information content (AvgIpc) is 2.69. The van der Waals surface area contributed by atoms with Crippen molar-refractivity contribution < 1.29 is 14.3 Å². The smallest absolute Gasteiger partial charge is 0.257 e. The first-order valence-electron chi connectivity index (χ1n) is 9.81. The van der Waals surface area contributed by atoms with Gasteiger partial charge in [0, 0.05) is 17.3 Å². The quantitative estimate of drug-likeness (QED) is 0.327. The molecule has 0 aliphatic rings. The average molecular weight is 479 g/mol. The second-order valence-electron chi connectivity index (χ2n) is 6.42. The van der Waals surface area contributed by atoms with Gasteiger partial charge in [-0.15, -0.1) is 0 Å². The zero-order valence-corrected chi connectivity index (χ0v) is 19.2. The Kier molecular flexibility index (Phi) is 9.94. The number of rotatable bonds is 10. The molecular formula is C22H27BrN2O3S. The van der Waals surface area contributed by atoms with Crippen molar-refractivity contribution in [1.29, 1.82) is 0 Å². The summed E-state index contributed by atoms with van der Waals surface area (Å²) in [6.07, 6.45) is 4.64. The van der Waals surface area contributed by atoms with Gasteiger partial charge in [0.15, 0.2) is 5.11 Å². The van der Waals surface area contributed by atoms with Crippen molar-refractivity contribution >= 4 is 44.9 Å². The number of benzene rings is 2. The van der Waals surface area contributed by atoms with E-state index < -0.39 is 0 Å². The molecule has 5 nitrogen and oxygen atoms in total. The molecule has 156 valence electrons. The minimum Gasteiger partial charge on any atom is -0.494 e. The molecule has 1 amide bonds. The van der Waals surface area contributed by atoms with Gasteiger partial charge in [-0.05, 0) is 71.8 Å². The lowest BCUT2D eigenvalue weighted by molar-refractivity contribution is 0.0977. The number of hydrogen-bond donors (Lipinski definition) is 2. The van der Waals surface area contributed by atoms with Crippen molar-refractivity contribution in [2.75, 3.05) is 18.5 Å². The Balaban J connectivity index is 1.87. The van der Waals surface area contributed by atoms with Gasteiger partial charge in [-0.25, -0.2) is 0 Å². The Hall–Kier alpha value is -2.12. The highest BCUT2D eigenvalue weighted by atomic mass is 79.9. The summed E-state index contributed by atoms with van der Waals surface area (Å²) in [5.41, 5.74) is 1.24. The van der Waals surface area contributed by atoms with Crippen LogP contribution in [0.25, 0.3) is 0 Å². The van der Waals surface area contributed by atoms with Crippen LogP contribution >= 0.6 is 28.1 Å². The van der Waals surface area contributed by atoms with Crippen molar-refractivity contribution in [2.45, 2.75) is 39.5 Å². The number of nitrogens with one attached hydrogen (secondary N) is 2. The molecule has 0 aliphatic heterocycles.